The van der Waals surface area contributed by atoms with Crippen molar-refractivity contribution in [2.45, 2.75) is 38.8 Å². The molecule has 1 amide bonds. The number of thioether (sulfide) groups is 1. The van der Waals surface area contributed by atoms with Crippen LogP contribution in [0.2, 0.25) is 0 Å². The first-order valence-corrected chi connectivity index (χ1v) is 8.29. The fraction of sp³-hybridized carbons (Fsp3) is 0.500. The third-order valence-electron chi connectivity index (χ3n) is 2.61. The Bertz CT molecular complexity index is 468. The summed E-state index contributed by atoms with van der Waals surface area (Å²) < 4.78 is 5.40. The molecule has 4 nitrogen and oxygen atoms in total. The van der Waals surface area contributed by atoms with Gasteiger partial charge in [0.1, 0.15) is 5.60 Å². The van der Waals surface area contributed by atoms with Gasteiger partial charge in [0.05, 0.1) is 0 Å². The maximum absolute atomic E-state index is 12.3. The molecule has 0 radical (unpaired) electrons. The van der Waals surface area contributed by atoms with Crippen LogP contribution in [0, 0.1) is 0 Å². The molecule has 0 saturated carbocycles. The van der Waals surface area contributed by atoms with Crippen molar-refractivity contribution in [3.63, 3.8) is 0 Å². The molecule has 0 fully saturated rings. The van der Waals surface area contributed by atoms with E-state index in [-0.39, 0.29) is 5.91 Å². The highest BCUT2D eigenvalue weighted by molar-refractivity contribution is 7.98. The minimum absolute atomic E-state index is 0.149. The average molecular weight is 309 g/mol. The summed E-state index contributed by atoms with van der Waals surface area (Å²) in [5.41, 5.74) is 0.137. The number of rotatable bonds is 6. The van der Waals surface area contributed by atoms with Crippen molar-refractivity contribution in [1.82, 2.24) is 5.32 Å². The first kappa shape index (κ1) is 17.6. The molecule has 116 valence electrons. The number of ether oxygens (including phenoxy) is 1. The quantitative estimate of drug-likeness (QED) is 0.821. The van der Waals surface area contributed by atoms with Gasteiger partial charge in [-0.2, -0.15) is 11.8 Å². The zero-order valence-electron chi connectivity index (χ0n) is 13.0. The minimum atomic E-state index is -0.764. The van der Waals surface area contributed by atoms with Crippen molar-refractivity contribution >= 4 is 23.6 Å². The Kier molecular flexibility index (Phi) is 6.75. The van der Waals surface area contributed by atoms with Crippen molar-refractivity contribution in [1.29, 1.82) is 0 Å². The van der Waals surface area contributed by atoms with Crippen LogP contribution in [0.5, 0.6) is 0 Å². The smallest absolute Gasteiger partial charge is 0.333 e. The van der Waals surface area contributed by atoms with Gasteiger partial charge in [0.2, 0.25) is 5.91 Å². The molecule has 1 rings (SSSR count). The second-order valence-electron chi connectivity index (χ2n) is 5.69. The number of esters is 1. The second kappa shape index (κ2) is 8.08. The summed E-state index contributed by atoms with van der Waals surface area (Å²) in [4.78, 5) is 24.2. The first-order valence-electron chi connectivity index (χ1n) is 6.89. The van der Waals surface area contributed by atoms with Crippen LogP contribution in [0.15, 0.2) is 30.3 Å². The van der Waals surface area contributed by atoms with Gasteiger partial charge in [0.25, 0.3) is 0 Å². The van der Waals surface area contributed by atoms with E-state index >= 15 is 0 Å². The van der Waals surface area contributed by atoms with Crippen molar-refractivity contribution < 1.29 is 14.3 Å². The molecule has 0 aliphatic carbocycles. The van der Waals surface area contributed by atoms with E-state index in [1.807, 2.05) is 57.4 Å². The van der Waals surface area contributed by atoms with Crippen LogP contribution in [0.25, 0.3) is 0 Å². The number of carbonyl (C=O) groups excluding carboxylic acids is 2. The molecule has 0 aliphatic rings. The van der Waals surface area contributed by atoms with E-state index in [9.17, 15) is 9.59 Å². The number of carbonyl (C=O) groups is 2. The molecule has 21 heavy (non-hydrogen) atoms. The van der Waals surface area contributed by atoms with E-state index in [0.29, 0.717) is 6.42 Å². The highest BCUT2D eigenvalue weighted by Gasteiger charge is 2.27. The molecule has 0 aromatic heterocycles. The molecule has 0 unspecified atom stereocenters. The lowest BCUT2D eigenvalue weighted by Gasteiger charge is -2.24. The van der Waals surface area contributed by atoms with Crippen LogP contribution < -0.4 is 5.32 Å². The van der Waals surface area contributed by atoms with E-state index < -0.39 is 17.6 Å². The van der Waals surface area contributed by atoms with Gasteiger partial charge < -0.3 is 10.1 Å². The normalized spacial score (nSPS) is 12.6. The standard InChI is InChI=1S/C16H23NO3S/c1-16(2,3)20-15(19)14(12-8-6-5-7-9-12)17-13(18)10-11-21-4/h5-9,14H,10-11H2,1-4H3,(H,17,18)/t14-/m0/s1. The monoisotopic (exact) mass is 309 g/mol. The van der Waals surface area contributed by atoms with Gasteiger partial charge in [-0.3, -0.25) is 4.79 Å². The number of nitrogens with one attached hydrogen (secondary N) is 1. The van der Waals surface area contributed by atoms with Crippen LogP contribution in [0.4, 0.5) is 0 Å². The van der Waals surface area contributed by atoms with Crippen LogP contribution in [-0.2, 0) is 14.3 Å². The fourth-order valence-corrected chi connectivity index (χ4v) is 2.10. The Labute approximate surface area is 130 Å². The molecule has 1 aromatic rings. The van der Waals surface area contributed by atoms with Gasteiger partial charge in [0, 0.05) is 12.2 Å². The van der Waals surface area contributed by atoms with E-state index in [2.05, 4.69) is 5.32 Å². The second-order valence-corrected chi connectivity index (χ2v) is 6.67. The Hall–Kier alpha value is -1.49. The van der Waals surface area contributed by atoms with Gasteiger partial charge in [-0.25, -0.2) is 4.79 Å². The Morgan fingerprint density at radius 2 is 1.86 bits per heavy atom. The van der Waals surface area contributed by atoms with Gasteiger partial charge in [0.15, 0.2) is 6.04 Å². The molecule has 1 atom stereocenters. The van der Waals surface area contributed by atoms with Crippen molar-refractivity contribution in [2.24, 2.45) is 0 Å². The molecular formula is C16H23NO3S. The van der Waals surface area contributed by atoms with Crippen LogP contribution >= 0.6 is 11.8 Å². The lowest BCUT2D eigenvalue weighted by atomic mass is 10.1. The van der Waals surface area contributed by atoms with E-state index in [0.717, 1.165) is 11.3 Å². The van der Waals surface area contributed by atoms with Gasteiger partial charge in [-0.1, -0.05) is 30.3 Å². The highest BCUT2D eigenvalue weighted by Crippen LogP contribution is 2.18. The molecule has 5 heteroatoms. The zero-order valence-corrected chi connectivity index (χ0v) is 13.8. The van der Waals surface area contributed by atoms with E-state index in [1.54, 1.807) is 11.8 Å². The van der Waals surface area contributed by atoms with E-state index in [1.165, 1.54) is 0 Å². The summed E-state index contributed by atoms with van der Waals surface area (Å²) in [6, 6.07) is 8.39. The number of amides is 1. The SMILES string of the molecule is CSCCC(=O)N[C@H](C(=O)OC(C)(C)C)c1ccccc1. The summed E-state index contributed by atoms with van der Waals surface area (Å²) in [6.07, 6.45) is 2.32. The van der Waals surface area contributed by atoms with Crippen LogP contribution in [0.1, 0.15) is 38.8 Å². The molecule has 0 heterocycles. The summed E-state index contributed by atoms with van der Waals surface area (Å²) in [6.45, 7) is 5.42. The van der Waals surface area contributed by atoms with Gasteiger partial charge in [-0.15, -0.1) is 0 Å². The zero-order chi connectivity index (χ0) is 15.9. The maximum Gasteiger partial charge on any atom is 0.333 e. The Morgan fingerprint density at radius 1 is 1.24 bits per heavy atom. The summed E-state index contributed by atoms with van der Waals surface area (Å²) in [7, 11) is 0. The van der Waals surface area contributed by atoms with Crippen molar-refractivity contribution in [2.75, 3.05) is 12.0 Å². The van der Waals surface area contributed by atoms with Gasteiger partial charge in [-0.05, 0) is 32.6 Å². The first-order chi connectivity index (χ1) is 9.83. The largest absolute Gasteiger partial charge is 0.458 e. The molecule has 1 N–H and O–H groups in total. The Balaban J connectivity index is 2.85. The summed E-state index contributed by atoms with van der Waals surface area (Å²) >= 11 is 1.59. The predicted octanol–water partition coefficient (Wildman–Crippen LogP) is 2.94. The summed E-state index contributed by atoms with van der Waals surface area (Å²) in [5, 5.41) is 2.76. The van der Waals surface area contributed by atoms with Crippen LogP contribution in [0.3, 0.4) is 0 Å². The average Bonchev–Trinajstić information content (AvgIpc) is 2.41. The third kappa shape index (κ3) is 6.67. The lowest BCUT2D eigenvalue weighted by molar-refractivity contribution is -0.158. The topological polar surface area (TPSA) is 55.4 Å². The van der Waals surface area contributed by atoms with E-state index in [4.69, 9.17) is 4.74 Å². The molecule has 0 bridgehead atoms. The van der Waals surface area contributed by atoms with Crippen LogP contribution in [-0.4, -0.2) is 29.5 Å². The van der Waals surface area contributed by atoms with Gasteiger partial charge >= 0.3 is 5.97 Å². The lowest BCUT2D eigenvalue weighted by Crippen LogP contribution is -2.38. The number of hydrogen-bond donors (Lipinski definition) is 1. The number of benzene rings is 1. The number of hydrogen-bond acceptors (Lipinski definition) is 4. The third-order valence-corrected chi connectivity index (χ3v) is 3.23. The predicted molar refractivity (Wildman–Crippen MR) is 86.2 cm³/mol. The molecule has 0 spiro atoms. The fourth-order valence-electron chi connectivity index (χ4n) is 1.71. The highest BCUT2D eigenvalue weighted by atomic mass is 32.2. The Morgan fingerprint density at radius 3 is 2.38 bits per heavy atom. The minimum Gasteiger partial charge on any atom is -0.458 e. The van der Waals surface area contributed by atoms with Crippen molar-refractivity contribution in [3.05, 3.63) is 35.9 Å². The van der Waals surface area contributed by atoms with Crippen molar-refractivity contribution in [3.8, 4) is 0 Å². The maximum atomic E-state index is 12.3. The molecule has 0 saturated heterocycles. The summed E-state index contributed by atoms with van der Waals surface area (Å²) in [5.74, 6) is 0.136. The molecule has 0 aliphatic heterocycles. The molecular weight excluding hydrogens is 286 g/mol. The molecule has 1 aromatic carbocycles.